The molecule has 2 aromatic rings. The van der Waals surface area contributed by atoms with Crippen LogP contribution in [0.15, 0.2) is 60.3 Å². The molecule has 2 aromatic carbocycles. The highest BCUT2D eigenvalue weighted by molar-refractivity contribution is 6.45. The molecule has 0 N–H and O–H groups in total. The summed E-state index contributed by atoms with van der Waals surface area (Å²) in [5.74, 6) is -1.09. The Bertz CT molecular complexity index is 1050. The summed E-state index contributed by atoms with van der Waals surface area (Å²) in [5, 5.41) is 0. The van der Waals surface area contributed by atoms with Crippen LogP contribution in [0.25, 0.3) is 5.57 Å². The average Bonchev–Trinajstić information content (AvgIpc) is 3.13. The van der Waals surface area contributed by atoms with Gasteiger partial charge < -0.3 is 14.5 Å². The molecule has 0 aromatic heterocycles. The fourth-order valence-electron chi connectivity index (χ4n) is 4.22. The summed E-state index contributed by atoms with van der Waals surface area (Å²) in [4.78, 5) is 44.9. The third-order valence-corrected chi connectivity index (χ3v) is 6.06. The number of benzene rings is 2. The largest absolute Gasteiger partial charge is 0.462 e. The number of likely N-dealkylation sites (N-methyl/N-ethyl adjacent to an activating group) is 1. The number of hydrogen-bond donors (Lipinski definition) is 0. The Balaban J connectivity index is 1.65. The second-order valence-corrected chi connectivity index (χ2v) is 8.14. The van der Waals surface area contributed by atoms with Gasteiger partial charge in [-0.3, -0.25) is 9.59 Å². The maximum Gasteiger partial charge on any atom is 0.338 e. The zero-order valence-electron chi connectivity index (χ0n) is 19.1. The van der Waals surface area contributed by atoms with Gasteiger partial charge in [0, 0.05) is 26.2 Å². The maximum absolute atomic E-state index is 13.6. The molecule has 4 rings (SSSR count). The second kappa shape index (κ2) is 10.0. The van der Waals surface area contributed by atoms with Crippen molar-refractivity contribution in [3.05, 3.63) is 71.4 Å². The summed E-state index contributed by atoms with van der Waals surface area (Å²) in [6, 6.07) is 15.8. The van der Waals surface area contributed by atoms with Crippen LogP contribution in [-0.4, -0.2) is 66.9 Å². The van der Waals surface area contributed by atoms with E-state index >= 15 is 0 Å². The van der Waals surface area contributed by atoms with Gasteiger partial charge in [-0.05, 0) is 42.8 Å². The predicted octanol–water partition coefficient (Wildman–Crippen LogP) is 3.18. The fourth-order valence-corrected chi connectivity index (χ4v) is 4.22. The third-order valence-electron chi connectivity index (χ3n) is 6.06. The SMILES string of the molecule is CCCOC(=O)c1ccc(N2C(=O)C(c3ccccc3)=C(N3CCN(CC)CC3)C2=O)cc1. The van der Waals surface area contributed by atoms with Gasteiger partial charge in [0.05, 0.1) is 23.4 Å². The number of esters is 1. The zero-order valence-corrected chi connectivity index (χ0v) is 19.1. The van der Waals surface area contributed by atoms with Crippen LogP contribution in [0.5, 0.6) is 0 Å². The molecule has 1 fully saturated rings. The average molecular weight is 448 g/mol. The first-order chi connectivity index (χ1) is 16.0. The Hall–Kier alpha value is -3.45. The topological polar surface area (TPSA) is 70.2 Å². The Morgan fingerprint density at radius 3 is 2.15 bits per heavy atom. The number of rotatable bonds is 7. The second-order valence-electron chi connectivity index (χ2n) is 8.14. The molecule has 2 amide bonds. The fraction of sp³-hybridized carbons (Fsp3) is 0.346. The van der Waals surface area contributed by atoms with Crippen LogP contribution in [0.2, 0.25) is 0 Å². The van der Waals surface area contributed by atoms with Crippen LogP contribution in [0.1, 0.15) is 36.2 Å². The van der Waals surface area contributed by atoms with Crippen LogP contribution in [0.4, 0.5) is 5.69 Å². The Morgan fingerprint density at radius 1 is 0.879 bits per heavy atom. The first-order valence-corrected chi connectivity index (χ1v) is 11.5. The van der Waals surface area contributed by atoms with Gasteiger partial charge in [0.2, 0.25) is 0 Å². The van der Waals surface area contributed by atoms with Gasteiger partial charge in [-0.15, -0.1) is 0 Å². The molecule has 7 heteroatoms. The summed E-state index contributed by atoms with van der Waals surface area (Å²) in [6.45, 7) is 8.43. The lowest BCUT2D eigenvalue weighted by atomic mass is 10.0. The first kappa shape index (κ1) is 22.7. The van der Waals surface area contributed by atoms with Crippen LogP contribution in [0.3, 0.4) is 0 Å². The molecule has 172 valence electrons. The van der Waals surface area contributed by atoms with Crippen molar-refractivity contribution in [2.24, 2.45) is 0 Å². The van der Waals surface area contributed by atoms with Gasteiger partial charge in [-0.2, -0.15) is 0 Å². The number of ether oxygens (including phenoxy) is 1. The number of amides is 2. The molecule has 0 aliphatic carbocycles. The standard InChI is InChI=1S/C26H29N3O4/c1-3-18-33-26(32)20-10-12-21(13-11-20)29-24(30)22(19-8-6-5-7-9-19)23(25(29)31)28-16-14-27(4-2)15-17-28/h5-13H,3-4,14-18H2,1-2H3. The highest BCUT2D eigenvalue weighted by Gasteiger charge is 2.43. The monoisotopic (exact) mass is 447 g/mol. The molecule has 0 radical (unpaired) electrons. The van der Waals surface area contributed by atoms with Crippen molar-refractivity contribution in [1.82, 2.24) is 9.80 Å². The first-order valence-electron chi connectivity index (χ1n) is 11.5. The Kier molecular flexibility index (Phi) is 6.89. The van der Waals surface area contributed by atoms with E-state index in [0.717, 1.165) is 31.6 Å². The van der Waals surface area contributed by atoms with Crippen LogP contribution >= 0.6 is 0 Å². The molecule has 2 heterocycles. The van der Waals surface area contributed by atoms with Gasteiger partial charge in [0.15, 0.2) is 0 Å². The van der Waals surface area contributed by atoms with Crippen molar-refractivity contribution >= 4 is 29.0 Å². The van der Waals surface area contributed by atoms with Crippen LogP contribution in [0, 0.1) is 0 Å². The summed E-state index contributed by atoms with van der Waals surface area (Å²) in [6.07, 6.45) is 0.740. The molecule has 0 atom stereocenters. The Labute approximate surface area is 194 Å². The van der Waals surface area contributed by atoms with Gasteiger partial charge in [0.1, 0.15) is 5.70 Å². The lowest BCUT2D eigenvalue weighted by Gasteiger charge is -2.36. The molecule has 33 heavy (non-hydrogen) atoms. The molecule has 0 bridgehead atoms. The van der Waals surface area contributed by atoms with Gasteiger partial charge >= 0.3 is 5.97 Å². The lowest BCUT2D eigenvalue weighted by molar-refractivity contribution is -0.120. The van der Waals surface area contributed by atoms with E-state index in [1.165, 1.54) is 4.90 Å². The third kappa shape index (κ3) is 4.54. The number of nitrogens with zero attached hydrogens (tertiary/aromatic N) is 3. The highest BCUT2D eigenvalue weighted by atomic mass is 16.5. The van der Waals surface area contributed by atoms with Crippen LogP contribution in [-0.2, 0) is 14.3 Å². The van der Waals surface area contributed by atoms with E-state index in [0.29, 0.717) is 42.2 Å². The number of anilines is 1. The van der Waals surface area contributed by atoms with Crippen molar-refractivity contribution < 1.29 is 19.1 Å². The predicted molar refractivity (Wildman–Crippen MR) is 127 cm³/mol. The van der Waals surface area contributed by atoms with Crippen LogP contribution < -0.4 is 4.90 Å². The van der Waals surface area contributed by atoms with E-state index in [9.17, 15) is 14.4 Å². The minimum Gasteiger partial charge on any atom is -0.462 e. The van der Waals surface area contributed by atoms with Crippen molar-refractivity contribution in [2.75, 3.05) is 44.2 Å². The molecule has 0 spiro atoms. The smallest absolute Gasteiger partial charge is 0.338 e. The molecule has 1 saturated heterocycles. The molecule has 7 nitrogen and oxygen atoms in total. The number of piperazine rings is 1. The molecular formula is C26H29N3O4. The van der Waals surface area contributed by atoms with E-state index in [1.54, 1.807) is 24.3 Å². The van der Waals surface area contributed by atoms with E-state index < -0.39 is 5.97 Å². The normalized spacial score (nSPS) is 17.2. The van der Waals surface area contributed by atoms with Gasteiger partial charge in [-0.25, -0.2) is 9.69 Å². The van der Waals surface area contributed by atoms with Gasteiger partial charge in [-0.1, -0.05) is 44.2 Å². The lowest BCUT2D eigenvalue weighted by Crippen LogP contribution is -2.47. The van der Waals surface area contributed by atoms with Crippen molar-refractivity contribution in [3.8, 4) is 0 Å². The van der Waals surface area contributed by atoms with Gasteiger partial charge in [0.25, 0.3) is 11.8 Å². The zero-order chi connectivity index (χ0) is 23.4. The number of carbonyl (C=O) groups is 3. The molecular weight excluding hydrogens is 418 g/mol. The van der Waals surface area contributed by atoms with E-state index in [1.807, 2.05) is 42.2 Å². The van der Waals surface area contributed by atoms with Crippen molar-refractivity contribution in [3.63, 3.8) is 0 Å². The minimum absolute atomic E-state index is 0.329. The Morgan fingerprint density at radius 2 is 1.55 bits per heavy atom. The summed E-state index contributed by atoms with van der Waals surface area (Å²) in [5.41, 5.74) is 2.43. The highest BCUT2D eigenvalue weighted by Crippen LogP contribution is 2.35. The summed E-state index contributed by atoms with van der Waals surface area (Å²) in [7, 11) is 0. The van der Waals surface area contributed by atoms with E-state index in [2.05, 4.69) is 11.8 Å². The number of hydrogen-bond acceptors (Lipinski definition) is 6. The number of carbonyl (C=O) groups excluding carboxylic acids is 3. The minimum atomic E-state index is -0.417. The van der Waals surface area contributed by atoms with Crippen molar-refractivity contribution in [2.45, 2.75) is 20.3 Å². The van der Waals surface area contributed by atoms with E-state index in [-0.39, 0.29) is 11.8 Å². The molecule has 2 aliphatic heterocycles. The summed E-state index contributed by atoms with van der Waals surface area (Å²) >= 11 is 0. The molecule has 2 aliphatic rings. The van der Waals surface area contributed by atoms with Crippen molar-refractivity contribution in [1.29, 1.82) is 0 Å². The number of imide groups is 1. The molecule has 0 unspecified atom stereocenters. The quantitative estimate of drug-likeness (QED) is 0.480. The molecule has 0 saturated carbocycles. The maximum atomic E-state index is 13.6. The van der Waals surface area contributed by atoms with E-state index in [4.69, 9.17) is 4.74 Å². The summed E-state index contributed by atoms with van der Waals surface area (Å²) < 4.78 is 5.17.